The number of likely N-dealkylation sites (tertiary alicyclic amines) is 1. The zero-order chi connectivity index (χ0) is 21.6. The summed E-state index contributed by atoms with van der Waals surface area (Å²) in [6.45, 7) is 8.46. The first-order valence-electron chi connectivity index (χ1n) is 13.0. The van der Waals surface area contributed by atoms with E-state index in [0.717, 1.165) is 45.1 Å². The van der Waals surface area contributed by atoms with Crippen molar-refractivity contribution < 1.29 is 14.0 Å². The van der Waals surface area contributed by atoms with Gasteiger partial charge in [-0.1, -0.05) is 25.4 Å². The number of fused-ring (bicyclic) bond motifs is 5. The summed E-state index contributed by atoms with van der Waals surface area (Å²) >= 11 is 0. The van der Waals surface area contributed by atoms with Gasteiger partial charge in [0.05, 0.1) is 5.71 Å². The lowest BCUT2D eigenvalue weighted by Gasteiger charge is -2.60. The molecule has 0 aromatic rings. The second kappa shape index (κ2) is 8.43. The lowest BCUT2D eigenvalue weighted by atomic mass is 9.44. The number of carbonyl (C=O) groups excluding carboxylic acids is 1. The van der Waals surface area contributed by atoms with Crippen molar-refractivity contribution in [1.29, 1.82) is 0 Å². The zero-order valence-corrected chi connectivity index (χ0v) is 19.6. The molecule has 0 radical (unpaired) electrons. The first-order valence-corrected chi connectivity index (χ1v) is 13.0. The highest BCUT2D eigenvalue weighted by Gasteiger charge is 2.63. The zero-order valence-electron chi connectivity index (χ0n) is 19.6. The molecule has 4 aliphatic carbocycles. The monoisotopic (exact) mass is 432 g/mol. The van der Waals surface area contributed by atoms with Crippen LogP contribution >= 0.6 is 0 Å². The summed E-state index contributed by atoms with van der Waals surface area (Å²) in [4.78, 5) is 20.8. The highest BCUT2D eigenvalue weighted by atomic mass is 19.1. The number of rotatable bonds is 4. The van der Waals surface area contributed by atoms with E-state index in [-0.39, 0.29) is 11.3 Å². The Morgan fingerprint density at radius 2 is 1.94 bits per heavy atom. The van der Waals surface area contributed by atoms with Gasteiger partial charge < -0.3 is 4.84 Å². The van der Waals surface area contributed by atoms with Crippen molar-refractivity contribution in [2.45, 2.75) is 90.6 Å². The Hall–Kier alpha value is -0.970. The first kappa shape index (κ1) is 21.9. The molecule has 5 fully saturated rings. The highest BCUT2D eigenvalue weighted by Crippen LogP contribution is 2.65. The molecule has 1 heterocycles. The van der Waals surface area contributed by atoms with Crippen LogP contribution in [0.15, 0.2) is 5.16 Å². The molecule has 0 amide bonds. The maximum absolute atomic E-state index is 15.7. The van der Waals surface area contributed by atoms with Gasteiger partial charge in [-0.15, -0.1) is 0 Å². The molecule has 4 nitrogen and oxygen atoms in total. The normalized spacial score (nSPS) is 47.0. The summed E-state index contributed by atoms with van der Waals surface area (Å²) in [7, 11) is 0. The number of hydrogen-bond acceptors (Lipinski definition) is 4. The number of halogens is 1. The average molecular weight is 433 g/mol. The smallest absolute Gasteiger partial charge is 0.139 e. The third-order valence-electron chi connectivity index (χ3n) is 10.2. The fraction of sp³-hybridized carbons (Fsp3) is 0.923. The molecule has 31 heavy (non-hydrogen) atoms. The molecule has 0 aromatic heterocycles. The van der Waals surface area contributed by atoms with E-state index in [1.165, 1.54) is 38.1 Å². The molecule has 0 N–H and O–H groups in total. The largest absolute Gasteiger partial charge is 0.394 e. The van der Waals surface area contributed by atoms with Gasteiger partial charge in [-0.25, -0.2) is 4.39 Å². The van der Waals surface area contributed by atoms with E-state index in [0.29, 0.717) is 43.0 Å². The number of Topliss-reactive ketones (excluding diaryl/α,β-unsaturated/α-hetero) is 1. The van der Waals surface area contributed by atoms with E-state index in [1.807, 2.05) is 0 Å². The van der Waals surface area contributed by atoms with E-state index in [4.69, 9.17) is 4.84 Å². The Bertz CT molecular complexity index is 720. The molecule has 0 bridgehead atoms. The standard InChI is InChI=1S/C26H41FN2O2/c1-25-11-10-19(28-31-15-14-29-12-4-3-5-13-29)16-18(25)6-7-20-21-8-9-23(30)26(21,2)17-22(27)24(20)25/h18,20-22,24H,3-17H2,1-2H3/t18?,20?,21?,22?,24?,25-,26-/m0/s1. The molecule has 5 unspecified atom stereocenters. The fourth-order valence-electron chi connectivity index (χ4n) is 8.46. The molecule has 5 rings (SSSR count). The summed E-state index contributed by atoms with van der Waals surface area (Å²) in [5.74, 6) is 1.75. The Morgan fingerprint density at radius 1 is 1.13 bits per heavy atom. The molecular formula is C26H41FN2O2. The number of carbonyl (C=O) groups is 1. The molecule has 1 aliphatic heterocycles. The van der Waals surface area contributed by atoms with Crippen LogP contribution in [-0.2, 0) is 9.63 Å². The summed E-state index contributed by atoms with van der Waals surface area (Å²) < 4.78 is 15.7. The fourth-order valence-corrected chi connectivity index (χ4v) is 8.46. The number of ketones is 1. The van der Waals surface area contributed by atoms with Gasteiger partial charge in [0.1, 0.15) is 18.6 Å². The average Bonchev–Trinajstić information content (AvgIpc) is 3.05. The van der Waals surface area contributed by atoms with Crippen molar-refractivity contribution >= 4 is 11.5 Å². The molecule has 1 saturated heterocycles. The SMILES string of the molecule is C[C@]12CCC(=NOCCN3CCCCC3)CC1CCC1C2C(F)C[C@]2(C)C(=O)CCC12. The number of nitrogens with zero attached hydrogens (tertiary/aromatic N) is 2. The van der Waals surface area contributed by atoms with Crippen LogP contribution in [0.2, 0.25) is 0 Å². The summed E-state index contributed by atoms with van der Waals surface area (Å²) in [5, 5.41) is 4.54. The summed E-state index contributed by atoms with van der Waals surface area (Å²) in [6, 6.07) is 0. The molecule has 174 valence electrons. The predicted molar refractivity (Wildman–Crippen MR) is 121 cm³/mol. The molecule has 5 aliphatic rings. The van der Waals surface area contributed by atoms with Crippen molar-refractivity contribution in [2.24, 2.45) is 39.7 Å². The van der Waals surface area contributed by atoms with Gasteiger partial charge in [0, 0.05) is 18.4 Å². The number of piperidine rings is 1. The quantitative estimate of drug-likeness (QED) is 0.441. The molecule has 0 aromatic carbocycles. The molecule has 4 saturated carbocycles. The van der Waals surface area contributed by atoms with Gasteiger partial charge in [-0.3, -0.25) is 9.69 Å². The lowest BCUT2D eigenvalue weighted by Crippen LogP contribution is -2.58. The van der Waals surface area contributed by atoms with Crippen molar-refractivity contribution in [3.8, 4) is 0 Å². The first-order chi connectivity index (χ1) is 14.9. The minimum absolute atomic E-state index is 0.0438. The summed E-state index contributed by atoms with van der Waals surface area (Å²) in [5.41, 5.74) is 0.835. The van der Waals surface area contributed by atoms with E-state index in [1.54, 1.807) is 0 Å². The minimum atomic E-state index is -0.833. The highest BCUT2D eigenvalue weighted by molar-refractivity contribution is 5.87. The van der Waals surface area contributed by atoms with Crippen LogP contribution in [0, 0.1) is 34.5 Å². The third-order valence-corrected chi connectivity index (χ3v) is 10.2. The minimum Gasteiger partial charge on any atom is -0.394 e. The molecule has 7 atom stereocenters. The maximum Gasteiger partial charge on any atom is 0.139 e. The van der Waals surface area contributed by atoms with Gasteiger partial charge in [-0.2, -0.15) is 0 Å². The number of alkyl halides is 1. The maximum atomic E-state index is 15.7. The van der Waals surface area contributed by atoms with Crippen molar-refractivity contribution in [3.05, 3.63) is 0 Å². The van der Waals surface area contributed by atoms with Gasteiger partial charge >= 0.3 is 0 Å². The van der Waals surface area contributed by atoms with E-state index in [9.17, 15) is 4.79 Å². The van der Waals surface area contributed by atoms with Crippen LogP contribution in [0.4, 0.5) is 4.39 Å². The Morgan fingerprint density at radius 3 is 2.74 bits per heavy atom. The third kappa shape index (κ3) is 3.77. The van der Waals surface area contributed by atoms with Crippen LogP contribution in [0.5, 0.6) is 0 Å². The van der Waals surface area contributed by atoms with E-state index >= 15 is 4.39 Å². The Labute approximate surface area is 187 Å². The lowest BCUT2D eigenvalue weighted by molar-refractivity contribution is -0.150. The molecule has 5 heteroatoms. The van der Waals surface area contributed by atoms with Crippen molar-refractivity contribution in [2.75, 3.05) is 26.2 Å². The van der Waals surface area contributed by atoms with Crippen LogP contribution in [0.25, 0.3) is 0 Å². The van der Waals surface area contributed by atoms with Crippen molar-refractivity contribution in [1.82, 2.24) is 4.90 Å². The van der Waals surface area contributed by atoms with Crippen molar-refractivity contribution in [3.63, 3.8) is 0 Å². The van der Waals surface area contributed by atoms with Crippen LogP contribution in [0.1, 0.15) is 84.5 Å². The van der Waals surface area contributed by atoms with Crippen LogP contribution in [0.3, 0.4) is 0 Å². The second-order valence-corrected chi connectivity index (χ2v) is 11.8. The molecular weight excluding hydrogens is 391 g/mol. The van der Waals surface area contributed by atoms with E-state index in [2.05, 4.69) is 23.9 Å². The number of oxime groups is 1. The van der Waals surface area contributed by atoms with Crippen LogP contribution < -0.4 is 0 Å². The van der Waals surface area contributed by atoms with Gasteiger partial charge in [-0.05, 0) is 100.0 Å². The Balaban J connectivity index is 1.21. The van der Waals surface area contributed by atoms with Gasteiger partial charge in [0.2, 0.25) is 0 Å². The Kier molecular flexibility index (Phi) is 5.94. The van der Waals surface area contributed by atoms with Gasteiger partial charge in [0.25, 0.3) is 0 Å². The van der Waals surface area contributed by atoms with Crippen LogP contribution in [-0.4, -0.2) is 48.8 Å². The number of hydrogen-bond donors (Lipinski definition) is 0. The van der Waals surface area contributed by atoms with E-state index < -0.39 is 11.6 Å². The second-order valence-electron chi connectivity index (χ2n) is 11.8. The topological polar surface area (TPSA) is 41.9 Å². The summed E-state index contributed by atoms with van der Waals surface area (Å²) in [6.07, 6.45) is 10.4. The predicted octanol–water partition coefficient (Wildman–Crippen LogP) is 5.40. The van der Waals surface area contributed by atoms with Gasteiger partial charge in [0.15, 0.2) is 0 Å². The molecule has 0 spiro atoms.